The Labute approximate surface area is 151 Å². The van der Waals surface area contributed by atoms with Gasteiger partial charge in [-0.25, -0.2) is 4.79 Å². The van der Waals surface area contributed by atoms with E-state index >= 15 is 0 Å². The maximum atomic E-state index is 11.5. The van der Waals surface area contributed by atoms with Crippen LogP contribution in [0.5, 0.6) is 11.5 Å². The molecule has 26 heavy (non-hydrogen) atoms. The van der Waals surface area contributed by atoms with E-state index in [1.165, 1.54) is 17.0 Å². The van der Waals surface area contributed by atoms with E-state index in [1.807, 2.05) is 0 Å². The van der Waals surface area contributed by atoms with Gasteiger partial charge in [-0.1, -0.05) is 12.1 Å². The second-order valence-corrected chi connectivity index (χ2v) is 5.83. The predicted octanol–water partition coefficient (Wildman–Crippen LogP) is 3.12. The van der Waals surface area contributed by atoms with Crippen LogP contribution in [0.3, 0.4) is 0 Å². The average Bonchev–Trinajstić information content (AvgIpc) is 2.62. The minimum Gasteiger partial charge on any atom is -0.494 e. The van der Waals surface area contributed by atoms with Crippen molar-refractivity contribution in [3.05, 3.63) is 64.2 Å². The van der Waals surface area contributed by atoms with Gasteiger partial charge in [0.05, 0.1) is 11.5 Å². The lowest BCUT2D eigenvalue weighted by Crippen LogP contribution is -2.25. The third kappa shape index (κ3) is 5.45. The fraction of sp³-hybridized carbons (Fsp3) is 0.278. The van der Waals surface area contributed by atoms with Gasteiger partial charge in [-0.2, -0.15) is 0 Å². The topological polar surface area (TPSA) is 108 Å². The van der Waals surface area contributed by atoms with E-state index in [2.05, 4.69) is 0 Å². The van der Waals surface area contributed by atoms with E-state index in [0.29, 0.717) is 24.5 Å². The van der Waals surface area contributed by atoms with Crippen molar-refractivity contribution in [3.63, 3.8) is 0 Å². The molecule has 8 nitrogen and oxygen atoms in total. The number of benzene rings is 2. The number of ether oxygens (including phenoxy) is 2. The van der Waals surface area contributed by atoms with E-state index < -0.39 is 11.0 Å². The molecule has 1 amide bonds. The van der Waals surface area contributed by atoms with Crippen LogP contribution in [0.15, 0.2) is 48.5 Å². The van der Waals surface area contributed by atoms with E-state index in [0.717, 1.165) is 5.56 Å². The monoisotopic (exact) mass is 359 g/mol. The van der Waals surface area contributed by atoms with E-state index in [1.54, 1.807) is 50.5 Å². The molecule has 138 valence electrons. The molecule has 2 aromatic carbocycles. The molecule has 0 spiro atoms. The second kappa shape index (κ2) is 8.82. The minimum absolute atomic E-state index is 0.0177. The van der Waals surface area contributed by atoms with Crippen LogP contribution >= 0.6 is 0 Å². The second-order valence-electron chi connectivity index (χ2n) is 5.83. The van der Waals surface area contributed by atoms with Gasteiger partial charge in [-0.15, -0.1) is 0 Å². The Hall–Kier alpha value is -3.13. The van der Waals surface area contributed by atoms with Crippen LogP contribution in [0.25, 0.3) is 0 Å². The molecule has 0 aliphatic carbocycles. The Morgan fingerprint density at radius 2 is 1.69 bits per heavy atom. The number of hydrogen-bond acceptors (Lipinski definition) is 6. The smallest absolute Gasteiger partial charge is 0.414 e. The number of rotatable bonds is 7. The highest BCUT2D eigenvalue weighted by atomic mass is 16.6. The number of amides is 1. The summed E-state index contributed by atoms with van der Waals surface area (Å²) in [4.78, 5) is 23.0. The minimum atomic E-state index is -0.459. The highest BCUT2D eigenvalue weighted by Gasteiger charge is 2.10. The van der Waals surface area contributed by atoms with Crippen molar-refractivity contribution >= 4 is 11.8 Å². The fourth-order valence-electron chi connectivity index (χ4n) is 2.11. The van der Waals surface area contributed by atoms with Crippen LogP contribution in [-0.4, -0.2) is 36.6 Å². The predicted molar refractivity (Wildman–Crippen MR) is 96.3 cm³/mol. The largest absolute Gasteiger partial charge is 0.494 e. The van der Waals surface area contributed by atoms with Crippen molar-refractivity contribution in [3.8, 4) is 11.5 Å². The molecule has 0 aliphatic heterocycles. The van der Waals surface area contributed by atoms with Gasteiger partial charge in [0, 0.05) is 38.7 Å². The number of carbonyl (C=O) groups is 1. The van der Waals surface area contributed by atoms with Crippen LogP contribution in [0, 0.1) is 10.1 Å². The van der Waals surface area contributed by atoms with Gasteiger partial charge in [0.25, 0.3) is 5.69 Å². The number of hydrogen-bond donors (Lipinski definition) is 1. The Bertz CT molecular complexity index is 744. The van der Waals surface area contributed by atoms with Crippen molar-refractivity contribution in [2.45, 2.75) is 12.5 Å². The van der Waals surface area contributed by atoms with Crippen LogP contribution in [0.1, 0.15) is 18.0 Å². The standard InChI is InChI=1S/C18H21N3O5/c1-20(2)18(22)26-16-7-3-13(4-8-16)17(19)11-12-25-15-9-5-14(6-10-15)21(23)24/h3-10,17H,11-12,19H2,1-2H3. The summed E-state index contributed by atoms with van der Waals surface area (Å²) in [6, 6.07) is 12.6. The molecule has 2 N–H and O–H groups in total. The first-order chi connectivity index (χ1) is 12.4. The van der Waals surface area contributed by atoms with Crippen LogP contribution in [0.4, 0.5) is 10.5 Å². The lowest BCUT2D eigenvalue weighted by Gasteiger charge is -2.14. The molecule has 0 aliphatic rings. The highest BCUT2D eigenvalue weighted by Crippen LogP contribution is 2.21. The molecular weight excluding hydrogens is 338 g/mol. The third-order valence-corrected chi connectivity index (χ3v) is 3.62. The normalized spacial score (nSPS) is 11.5. The zero-order chi connectivity index (χ0) is 19.1. The van der Waals surface area contributed by atoms with Crippen molar-refractivity contribution in [1.29, 1.82) is 0 Å². The number of nitro groups is 1. The summed E-state index contributed by atoms with van der Waals surface area (Å²) in [6.07, 6.45) is 0.118. The molecular formula is C18H21N3O5. The van der Waals surface area contributed by atoms with Gasteiger partial charge in [0.1, 0.15) is 11.5 Å². The zero-order valence-corrected chi connectivity index (χ0v) is 14.6. The maximum Gasteiger partial charge on any atom is 0.414 e. The summed E-state index contributed by atoms with van der Waals surface area (Å²) >= 11 is 0. The van der Waals surface area contributed by atoms with Crippen LogP contribution in [0.2, 0.25) is 0 Å². The molecule has 2 rings (SSSR count). The van der Waals surface area contributed by atoms with E-state index in [4.69, 9.17) is 15.2 Å². The number of non-ortho nitro benzene ring substituents is 1. The molecule has 0 aromatic heterocycles. The molecule has 0 saturated carbocycles. The Morgan fingerprint density at radius 1 is 1.12 bits per heavy atom. The molecule has 1 unspecified atom stereocenters. The third-order valence-electron chi connectivity index (χ3n) is 3.62. The fourth-order valence-corrected chi connectivity index (χ4v) is 2.11. The first-order valence-corrected chi connectivity index (χ1v) is 7.98. The van der Waals surface area contributed by atoms with Gasteiger partial charge in [-0.05, 0) is 29.8 Å². The molecule has 0 fully saturated rings. The van der Waals surface area contributed by atoms with Crippen molar-refractivity contribution in [2.75, 3.05) is 20.7 Å². The summed E-state index contributed by atoms with van der Waals surface area (Å²) in [5.74, 6) is 0.996. The molecule has 0 heterocycles. The summed E-state index contributed by atoms with van der Waals surface area (Å²) in [5, 5.41) is 10.6. The Kier molecular flexibility index (Phi) is 6.51. The average molecular weight is 359 g/mol. The Morgan fingerprint density at radius 3 is 2.23 bits per heavy atom. The van der Waals surface area contributed by atoms with Crippen LogP contribution in [-0.2, 0) is 0 Å². The number of nitrogens with zero attached hydrogens (tertiary/aromatic N) is 2. The molecule has 0 saturated heterocycles. The summed E-state index contributed by atoms with van der Waals surface area (Å²) < 4.78 is 10.7. The van der Waals surface area contributed by atoms with Crippen LogP contribution < -0.4 is 15.2 Å². The van der Waals surface area contributed by atoms with Gasteiger partial charge in [0.2, 0.25) is 0 Å². The molecule has 8 heteroatoms. The molecule has 0 radical (unpaired) electrons. The first-order valence-electron chi connectivity index (χ1n) is 7.98. The maximum absolute atomic E-state index is 11.5. The first kappa shape index (κ1) is 19.2. The number of carbonyl (C=O) groups excluding carboxylic acids is 1. The summed E-state index contributed by atoms with van der Waals surface area (Å²) in [5.41, 5.74) is 7.05. The van der Waals surface area contributed by atoms with Crippen molar-refractivity contribution in [2.24, 2.45) is 5.73 Å². The molecule has 2 aromatic rings. The SMILES string of the molecule is CN(C)C(=O)Oc1ccc(C(N)CCOc2ccc([N+](=O)[O-])cc2)cc1. The highest BCUT2D eigenvalue weighted by molar-refractivity contribution is 5.69. The van der Waals surface area contributed by atoms with E-state index in [-0.39, 0.29) is 11.7 Å². The summed E-state index contributed by atoms with van der Waals surface area (Å²) in [6.45, 7) is 0.371. The van der Waals surface area contributed by atoms with Gasteiger partial charge >= 0.3 is 6.09 Å². The van der Waals surface area contributed by atoms with E-state index in [9.17, 15) is 14.9 Å². The van der Waals surface area contributed by atoms with Crippen molar-refractivity contribution < 1.29 is 19.2 Å². The zero-order valence-electron chi connectivity index (χ0n) is 14.6. The lowest BCUT2D eigenvalue weighted by atomic mass is 10.1. The summed E-state index contributed by atoms with van der Waals surface area (Å²) in [7, 11) is 3.22. The van der Waals surface area contributed by atoms with Gasteiger partial charge < -0.3 is 20.1 Å². The van der Waals surface area contributed by atoms with Crippen molar-refractivity contribution in [1.82, 2.24) is 4.90 Å². The van der Waals surface area contributed by atoms with Gasteiger partial charge in [-0.3, -0.25) is 10.1 Å². The quantitative estimate of drug-likeness (QED) is 0.601. The number of nitro benzene ring substituents is 1. The molecule has 1 atom stereocenters. The van der Waals surface area contributed by atoms with Gasteiger partial charge in [0.15, 0.2) is 0 Å². The Balaban J connectivity index is 1.82. The lowest BCUT2D eigenvalue weighted by molar-refractivity contribution is -0.384. The molecule has 0 bridgehead atoms. The number of nitrogens with two attached hydrogens (primary N) is 1.